The molecule has 3 rings (SSSR count). The van der Waals surface area contributed by atoms with Crippen molar-refractivity contribution in [1.29, 1.82) is 0 Å². The third-order valence-electron chi connectivity index (χ3n) is 4.10. The fourth-order valence-corrected chi connectivity index (χ4v) is 3.69. The molecule has 1 aliphatic rings. The maximum absolute atomic E-state index is 12.5. The van der Waals surface area contributed by atoms with Gasteiger partial charge in [-0.1, -0.05) is 29.8 Å². The van der Waals surface area contributed by atoms with Crippen LogP contribution in [0.15, 0.2) is 47.4 Å². The van der Waals surface area contributed by atoms with Crippen LogP contribution in [0, 0.1) is 0 Å². The van der Waals surface area contributed by atoms with E-state index in [1.165, 1.54) is 12.1 Å². The molecule has 9 heteroatoms. The van der Waals surface area contributed by atoms with Gasteiger partial charge in [-0.15, -0.1) is 0 Å². The van der Waals surface area contributed by atoms with Crippen LogP contribution in [-0.2, 0) is 16.0 Å². The fourth-order valence-electron chi connectivity index (χ4n) is 2.65. The van der Waals surface area contributed by atoms with E-state index in [0.29, 0.717) is 17.0 Å². The first-order chi connectivity index (χ1) is 13.8. The van der Waals surface area contributed by atoms with Crippen molar-refractivity contribution in [3.05, 3.63) is 63.5 Å². The first-order valence-corrected chi connectivity index (χ1v) is 9.81. The number of carbonyl (C=O) groups is 3. The van der Waals surface area contributed by atoms with E-state index in [1.807, 2.05) is 0 Å². The van der Waals surface area contributed by atoms with Gasteiger partial charge in [0.05, 0.1) is 4.91 Å². The lowest BCUT2D eigenvalue weighted by molar-refractivity contribution is -0.129. The summed E-state index contributed by atoms with van der Waals surface area (Å²) >= 11 is 6.70. The zero-order chi connectivity index (χ0) is 21.0. The number of benzene rings is 2. The third-order valence-corrected chi connectivity index (χ3v) is 5.24. The van der Waals surface area contributed by atoms with Crippen LogP contribution in [0.2, 0.25) is 5.02 Å². The molecule has 0 bridgehead atoms. The van der Waals surface area contributed by atoms with Crippen LogP contribution in [0.5, 0.6) is 11.5 Å². The quantitative estimate of drug-likeness (QED) is 0.478. The number of carbonyl (C=O) groups excluding carboxylic acids is 3. The minimum Gasteiger partial charge on any atom is -0.504 e. The van der Waals surface area contributed by atoms with E-state index in [-0.39, 0.29) is 29.5 Å². The zero-order valence-electron chi connectivity index (χ0n) is 15.1. The number of phenolic OH excluding ortho intramolecular Hbond substituents is 2. The molecule has 3 N–H and O–H groups in total. The van der Waals surface area contributed by atoms with Crippen molar-refractivity contribution in [3.63, 3.8) is 0 Å². The summed E-state index contributed by atoms with van der Waals surface area (Å²) in [6, 6.07) is 11.3. The van der Waals surface area contributed by atoms with E-state index in [9.17, 15) is 24.6 Å². The number of hydrogen-bond acceptors (Lipinski definition) is 6. The zero-order valence-corrected chi connectivity index (χ0v) is 16.7. The maximum Gasteiger partial charge on any atom is 0.294 e. The van der Waals surface area contributed by atoms with Gasteiger partial charge < -0.3 is 15.5 Å². The highest BCUT2D eigenvalue weighted by Crippen LogP contribution is 2.32. The van der Waals surface area contributed by atoms with E-state index in [1.54, 1.807) is 36.4 Å². The summed E-state index contributed by atoms with van der Waals surface area (Å²) in [6.07, 6.45) is 1.97. The average molecular weight is 433 g/mol. The Morgan fingerprint density at radius 2 is 1.93 bits per heavy atom. The molecule has 0 aromatic heterocycles. The Bertz CT molecular complexity index is 1010. The summed E-state index contributed by atoms with van der Waals surface area (Å²) < 4.78 is 0. The second kappa shape index (κ2) is 9.02. The highest BCUT2D eigenvalue weighted by molar-refractivity contribution is 8.18. The van der Waals surface area contributed by atoms with Gasteiger partial charge in [0.1, 0.15) is 6.54 Å². The van der Waals surface area contributed by atoms with Gasteiger partial charge in [-0.05, 0) is 59.7 Å². The largest absolute Gasteiger partial charge is 0.504 e. The Labute approximate surface area is 176 Å². The van der Waals surface area contributed by atoms with Crippen LogP contribution in [0.3, 0.4) is 0 Å². The SMILES string of the molecule is O=C(CN1C(=O)S/C(=C\c2cccc(Cl)c2)C1=O)NCCc1ccc(O)c(O)c1. The first kappa shape index (κ1) is 20.8. The summed E-state index contributed by atoms with van der Waals surface area (Å²) in [6.45, 7) is -0.129. The van der Waals surface area contributed by atoms with Crippen molar-refractivity contribution in [2.45, 2.75) is 6.42 Å². The molecule has 0 unspecified atom stereocenters. The lowest BCUT2D eigenvalue weighted by atomic mass is 10.1. The molecule has 0 radical (unpaired) electrons. The highest BCUT2D eigenvalue weighted by Gasteiger charge is 2.36. The summed E-state index contributed by atoms with van der Waals surface area (Å²) in [5.41, 5.74) is 1.40. The number of aromatic hydroxyl groups is 2. The van der Waals surface area contributed by atoms with Crippen LogP contribution < -0.4 is 5.32 Å². The van der Waals surface area contributed by atoms with Crippen molar-refractivity contribution in [3.8, 4) is 11.5 Å². The van der Waals surface area contributed by atoms with E-state index in [0.717, 1.165) is 22.2 Å². The van der Waals surface area contributed by atoms with E-state index >= 15 is 0 Å². The van der Waals surface area contributed by atoms with Crippen LogP contribution in [0.1, 0.15) is 11.1 Å². The minimum absolute atomic E-state index is 0.219. The van der Waals surface area contributed by atoms with Crippen molar-refractivity contribution in [2.75, 3.05) is 13.1 Å². The molecule has 150 valence electrons. The molecule has 7 nitrogen and oxygen atoms in total. The molecule has 29 heavy (non-hydrogen) atoms. The standard InChI is InChI=1S/C20H17ClN2O5S/c21-14-3-1-2-13(8-14)10-17-19(27)23(20(28)29-17)11-18(26)22-7-6-12-4-5-15(24)16(25)9-12/h1-5,8-10,24-25H,6-7,11H2,(H,22,26)/b17-10-. The van der Waals surface area contributed by atoms with Crippen molar-refractivity contribution in [2.24, 2.45) is 0 Å². The molecule has 0 saturated carbocycles. The monoisotopic (exact) mass is 432 g/mol. The van der Waals surface area contributed by atoms with Crippen LogP contribution >= 0.6 is 23.4 Å². The van der Waals surface area contributed by atoms with Crippen molar-refractivity contribution >= 4 is 46.5 Å². The Kier molecular flexibility index (Phi) is 6.46. The summed E-state index contributed by atoms with van der Waals surface area (Å²) in [5, 5.41) is 21.4. The summed E-state index contributed by atoms with van der Waals surface area (Å²) in [4.78, 5) is 37.8. The number of nitrogens with one attached hydrogen (secondary N) is 1. The number of hydrogen-bond donors (Lipinski definition) is 3. The number of thioether (sulfide) groups is 1. The minimum atomic E-state index is -0.529. The molecule has 2 aromatic rings. The second-order valence-corrected chi connectivity index (χ2v) is 7.68. The molecular formula is C20H17ClN2O5S. The van der Waals surface area contributed by atoms with E-state index in [4.69, 9.17) is 11.6 Å². The molecule has 0 spiro atoms. The average Bonchev–Trinajstić information content (AvgIpc) is 2.92. The Hall–Kier alpha value is -2.97. The number of nitrogens with zero attached hydrogens (tertiary/aromatic N) is 1. The first-order valence-electron chi connectivity index (χ1n) is 8.62. The summed E-state index contributed by atoms with van der Waals surface area (Å²) in [5.74, 6) is -1.46. The fraction of sp³-hybridized carbons (Fsp3) is 0.150. The van der Waals surface area contributed by atoms with Gasteiger partial charge in [-0.2, -0.15) is 0 Å². The molecule has 0 aliphatic carbocycles. The molecule has 1 saturated heterocycles. The van der Waals surface area contributed by atoms with Gasteiger partial charge in [-0.3, -0.25) is 19.3 Å². The lowest BCUT2D eigenvalue weighted by Crippen LogP contribution is -2.40. The van der Waals surface area contributed by atoms with Crippen LogP contribution in [0.4, 0.5) is 4.79 Å². The van der Waals surface area contributed by atoms with Gasteiger partial charge in [0.25, 0.3) is 11.1 Å². The molecular weight excluding hydrogens is 416 g/mol. The molecule has 0 atom stereocenters. The smallest absolute Gasteiger partial charge is 0.294 e. The molecule has 1 fully saturated rings. The predicted octanol–water partition coefficient (Wildman–Crippen LogP) is 3.15. The number of rotatable bonds is 6. The Balaban J connectivity index is 1.55. The number of halogens is 1. The topological polar surface area (TPSA) is 107 Å². The molecule has 1 heterocycles. The number of amides is 3. The Morgan fingerprint density at radius 3 is 2.66 bits per heavy atom. The van der Waals surface area contributed by atoms with Gasteiger partial charge in [0, 0.05) is 11.6 Å². The van der Waals surface area contributed by atoms with Gasteiger partial charge in [0.15, 0.2) is 11.5 Å². The van der Waals surface area contributed by atoms with Gasteiger partial charge in [-0.25, -0.2) is 0 Å². The van der Waals surface area contributed by atoms with Crippen LogP contribution in [-0.4, -0.2) is 45.3 Å². The van der Waals surface area contributed by atoms with Gasteiger partial charge in [0.2, 0.25) is 5.91 Å². The maximum atomic E-state index is 12.5. The summed E-state index contributed by atoms with van der Waals surface area (Å²) in [7, 11) is 0. The number of imide groups is 1. The second-order valence-electron chi connectivity index (χ2n) is 6.25. The van der Waals surface area contributed by atoms with E-state index < -0.39 is 17.1 Å². The molecule has 3 amide bonds. The Morgan fingerprint density at radius 1 is 1.14 bits per heavy atom. The van der Waals surface area contributed by atoms with E-state index in [2.05, 4.69) is 5.32 Å². The number of phenols is 2. The van der Waals surface area contributed by atoms with Crippen LogP contribution in [0.25, 0.3) is 6.08 Å². The normalized spacial score (nSPS) is 15.2. The highest BCUT2D eigenvalue weighted by atomic mass is 35.5. The lowest BCUT2D eigenvalue weighted by Gasteiger charge is -2.12. The van der Waals surface area contributed by atoms with Crippen molar-refractivity contribution in [1.82, 2.24) is 10.2 Å². The third kappa shape index (κ3) is 5.30. The van der Waals surface area contributed by atoms with Gasteiger partial charge >= 0.3 is 0 Å². The van der Waals surface area contributed by atoms with Crippen molar-refractivity contribution < 1.29 is 24.6 Å². The predicted molar refractivity (Wildman–Crippen MR) is 111 cm³/mol. The molecule has 2 aromatic carbocycles. The molecule has 1 aliphatic heterocycles.